The lowest BCUT2D eigenvalue weighted by Gasteiger charge is -2.29. The van der Waals surface area contributed by atoms with Crippen LogP contribution in [0, 0.1) is 13.8 Å². The van der Waals surface area contributed by atoms with Crippen molar-refractivity contribution in [2.45, 2.75) is 13.8 Å². The fourth-order valence-electron chi connectivity index (χ4n) is 3.19. The van der Waals surface area contributed by atoms with Gasteiger partial charge < -0.3 is 4.42 Å². The molecule has 2 amide bonds. The first-order valence-electron chi connectivity index (χ1n) is 9.28. The molecule has 2 aromatic carbocycles. The van der Waals surface area contributed by atoms with E-state index in [9.17, 15) is 9.59 Å². The second kappa shape index (κ2) is 8.30. The number of anilines is 1. The highest BCUT2D eigenvalue weighted by molar-refractivity contribution is 7.80. The van der Waals surface area contributed by atoms with Gasteiger partial charge in [-0.05, 0) is 79.7 Å². The van der Waals surface area contributed by atoms with Crippen molar-refractivity contribution in [3.8, 4) is 11.3 Å². The number of hydrogen-bond acceptors (Lipinski definition) is 4. The number of rotatable bonds is 3. The average molecular weight is 471 g/mol. The summed E-state index contributed by atoms with van der Waals surface area (Å²) < 4.78 is 5.87. The summed E-state index contributed by atoms with van der Waals surface area (Å²) >= 11 is 17.5. The van der Waals surface area contributed by atoms with E-state index in [0.717, 1.165) is 16.7 Å². The zero-order chi connectivity index (χ0) is 22.3. The number of hydrogen-bond donors (Lipinski definition) is 1. The standard InChI is InChI=1S/C23H16Cl2N2O3S/c1-12-3-5-14(24)9-17(12)20-8-7-16(30-20)11-18-21(28)26-23(31)27(22(18)29)15-6-4-13(2)19(25)10-15/h3-11H,1-2H3,(H,26,28,31)/b18-11+. The number of benzene rings is 2. The minimum absolute atomic E-state index is 0.0123. The van der Waals surface area contributed by atoms with Crippen LogP contribution in [0.1, 0.15) is 16.9 Å². The fourth-order valence-corrected chi connectivity index (χ4v) is 3.82. The number of halogens is 2. The second-order valence-electron chi connectivity index (χ2n) is 7.05. The Balaban J connectivity index is 1.70. The molecular weight excluding hydrogens is 455 g/mol. The molecule has 31 heavy (non-hydrogen) atoms. The molecule has 0 saturated carbocycles. The molecule has 4 rings (SSSR count). The molecule has 0 unspecified atom stereocenters. The van der Waals surface area contributed by atoms with Crippen LogP contribution < -0.4 is 10.2 Å². The van der Waals surface area contributed by atoms with E-state index >= 15 is 0 Å². The van der Waals surface area contributed by atoms with Crippen LogP contribution in [0.15, 0.2) is 58.5 Å². The average Bonchev–Trinajstić information content (AvgIpc) is 3.18. The van der Waals surface area contributed by atoms with Crippen LogP contribution in [0.4, 0.5) is 5.69 Å². The van der Waals surface area contributed by atoms with E-state index in [-0.39, 0.29) is 10.7 Å². The highest BCUT2D eigenvalue weighted by atomic mass is 35.5. The lowest BCUT2D eigenvalue weighted by Crippen LogP contribution is -2.54. The number of aryl methyl sites for hydroxylation is 2. The summed E-state index contributed by atoms with van der Waals surface area (Å²) in [7, 11) is 0. The summed E-state index contributed by atoms with van der Waals surface area (Å²) in [5.41, 5.74) is 3.03. The van der Waals surface area contributed by atoms with E-state index in [1.165, 1.54) is 11.0 Å². The topological polar surface area (TPSA) is 62.6 Å². The summed E-state index contributed by atoms with van der Waals surface area (Å²) in [6.07, 6.45) is 1.39. The lowest BCUT2D eigenvalue weighted by atomic mass is 10.1. The summed E-state index contributed by atoms with van der Waals surface area (Å²) in [6, 6.07) is 14.1. The molecule has 3 aromatic rings. The molecule has 0 atom stereocenters. The van der Waals surface area contributed by atoms with Gasteiger partial charge in [0.25, 0.3) is 11.8 Å². The predicted molar refractivity (Wildman–Crippen MR) is 126 cm³/mol. The number of carbonyl (C=O) groups is 2. The first kappa shape index (κ1) is 21.3. The first-order valence-corrected chi connectivity index (χ1v) is 10.4. The third-order valence-corrected chi connectivity index (χ3v) is 5.82. The van der Waals surface area contributed by atoms with Gasteiger partial charge in [-0.15, -0.1) is 0 Å². The molecule has 1 fully saturated rings. The van der Waals surface area contributed by atoms with E-state index < -0.39 is 11.8 Å². The number of furan rings is 1. The van der Waals surface area contributed by atoms with Crippen molar-refractivity contribution in [1.29, 1.82) is 0 Å². The van der Waals surface area contributed by atoms with Crippen LogP contribution in [0.25, 0.3) is 17.4 Å². The number of nitrogens with zero attached hydrogens (tertiary/aromatic N) is 1. The van der Waals surface area contributed by atoms with Crippen LogP contribution in [0.3, 0.4) is 0 Å². The van der Waals surface area contributed by atoms with E-state index in [1.807, 2.05) is 19.9 Å². The monoisotopic (exact) mass is 470 g/mol. The van der Waals surface area contributed by atoms with Crippen molar-refractivity contribution in [3.05, 3.63) is 81.0 Å². The van der Waals surface area contributed by atoms with Gasteiger partial charge in [0, 0.05) is 15.6 Å². The third kappa shape index (κ3) is 4.14. The highest BCUT2D eigenvalue weighted by Crippen LogP contribution is 2.30. The van der Waals surface area contributed by atoms with Crippen LogP contribution in [0.2, 0.25) is 10.0 Å². The van der Waals surface area contributed by atoms with E-state index in [4.69, 9.17) is 39.8 Å². The maximum Gasteiger partial charge on any atom is 0.270 e. The van der Waals surface area contributed by atoms with Gasteiger partial charge in [0.1, 0.15) is 17.1 Å². The number of thiocarbonyl (C=S) groups is 1. The van der Waals surface area contributed by atoms with Gasteiger partial charge >= 0.3 is 0 Å². The molecule has 5 nitrogen and oxygen atoms in total. The van der Waals surface area contributed by atoms with Gasteiger partial charge in [-0.2, -0.15) is 0 Å². The van der Waals surface area contributed by atoms with Crippen molar-refractivity contribution in [2.24, 2.45) is 0 Å². The highest BCUT2D eigenvalue weighted by Gasteiger charge is 2.35. The Kier molecular flexibility index (Phi) is 5.71. The molecule has 0 bridgehead atoms. The Bertz CT molecular complexity index is 1280. The molecule has 156 valence electrons. The Labute approximate surface area is 194 Å². The van der Waals surface area contributed by atoms with Crippen molar-refractivity contribution in [3.63, 3.8) is 0 Å². The van der Waals surface area contributed by atoms with Crippen molar-refractivity contribution >= 4 is 64.1 Å². The summed E-state index contributed by atoms with van der Waals surface area (Å²) in [4.78, 5) is 26.9. The Morgan fingerprint density at radius 2 is 1.74 bits per heavy atom. The molecule has 1 aromatic heterocycles. The molecule has 0 radical (unpaired) electrons. The van der Waals surface area contributed by atoms with Gasteiger partial charge in [0.2, 0.25) is 0 Å². The Morgan fingerprint density at radius 3 is 2.48 bits per heavy atom. The molecule has 1 N–H and O–H groups in total. The zero-order valence-electron chi connectivity index (χ0n) is 16.5. The van der Waals surface area contributed by atoms with Gasteiger partial charge in [-0.25, -0.2) is 0 Å². The predicted octanol–water partition coefficient (Wildman–Crippen LogP) is 5.70. The largest absolute Gasteiger partial charge is 0.457 e. The summed E-state index contributed by atoms with van der Waals surface area (Å²) in [5, 5.41) is 3.60. The maximum atomic E-state index is 13.1. The number of amides is 2. The van der Waals surface area contributed by atoms with E-state index in [1.54, 1.807) is 42.5 Å². The Morgan fingerprint density at radius 1 is 1.00 bits per heavy atom. The normalized spacial score (nSPS) is 15.5. The lowest BCUT2D eigenvalue weighted by molar-refractivity contribution is -0.122. The second-order valence-corrected chi connectivity index (χ2v) is 8.28. The van der Waals surface area contributed by atoms with Gasteiger partial charge in [-0.3, -0.25) is 19.8 Å². The SMILES string of the molecule is Cc1ccc(N2C(=O)/C(=C/c3ccc(-c4cc(Cl)ccc4C)o3)C(=O)NC2=S)cc1Cl. The minimum atomic E-state index is -0.596. The van der Waals surface area contributed by atoms with Gasteiger partial charge in [0.15, 0.2) is 5.11 Å². The zero-order valence-corrected chi connectivity index (χ0v) is 18.9. The summed E-state index contributed by atoms with van der Waals surface area (Å²) in [6.45, 7) is 3.79. The van der Waals surface area contributed by atoms with Crippen molar-refractivity contribution in [1.82, 2.24) is 5.32 Å². The van der Waals surface area contributed by atoms with Crippen LogP contribution in [-0.2, 0) is 9.59 Å². The molecule has 0 aliphatic carbocycles. The molecular formula is C23H16Cl2N2O3S. The quantitative estimate of drug-likeness (QED) is 0.302. The molecule has 2 heterocycles. The molecule has 1 aliphatic heterocycles. The van der Waals surface area contributed by atoms with Crippen LogP contribution >= 0.6 is 35.4 Å². The smallest absolute Gasteiger partial charge is 0.270 e. The van der Waals surface area contributed by atoms with Gasteiger partial charge in [-0.1, -0.05) is 35.3 Å². The fraction of sp³-hybridized carbons (Fsp3) is 0.0870. The van der Waals surface area contributed by atoms with Crippen molar-refractivity contribution in [2.75, 3.05) is 4.90 Å². The minimum Gasteiger partial charge on any atom is -0.457 e. The molecule has 0 spiro atoms. The van der Waals surface area contributed by atoms with Crippen molar-refractivity contribution < 1.29 is 14.0 Å². The van der Waals surface area contributed by atoms with E-state index in [2.05, 4.69) is 5.32 Å². The summed E-state index contributed by atoms with van der Waals surface area (Å²) in [5.74, 6) is -0.234. The molecule has 1 aliphatic rings. The van der Waals surface area contributed by atoms with Crippen LogP contribution in [-0.4, -0.2) is 16.9 Å². The van der Waals surface area contributed by atoms with E-state index in [0.29, 0.717) is 27.3 Å². The Hall–Kier alpha value is -2.93. The molecule has 8 heteroatoms. The third-order valence-electron chi connectivity index (χ3n) is 4.89. The van der Waals surface area contributed by atoms with Gasteiger partial charge in [0.05, 0.1) is 5.69 Å². The number of carbonyl (C=O) groups excluding carboxylic acids is 2. The van der Waals surface area contributed by atoms with Crippen LogP contribution in [0.5, 0.6) is 0 Å². The first-order chi connectivity index (χ1) is 14.7. The maximum absolute atomic E-state index is 13.1. The molecule has 1 saturated heterocycles. The number of nitrogens with one attached hydrogen (secondary N) is 1.